The number of fused-ring (bicyclic) bond motifs is 1. The van der Waals surface area contributed by atoms with Crippen molar-refractivity contribution >= 4 is 6.29 Å². The number of aryl methyl sites for hydroxylation is 3. The van der Waals surface area contributed by atoms with Gasteiger partial charge in [-0.2, -0.15) is 0 Å². The van der Waals surface area contributed by atoms with Crippen LogP contribution in [0.1, 0.15) is 34.2 Å². The Labute approximate surface area is 143 Å². The summed E-state index contributed by atoms with van der Waals surface area (Å²) in [5, 5.41) is 0. The van der Waals surface area contributed by atoms with Crippen molar-refractivity contribution in [1.29, 1.82) is 0 Å². The molecule has 0 fully saturated rings. The Morgan fingerprint density at radius 3 is 2.67 bits per heavy atom. The van der Waals surface area contributed by atoms with Crippen molar-refractivity contribution in [3.8, 4) is 5.75 Å². The minimum Gasteiger partial charge on any atom is -0.489 e. The van der Waals surface area contributed by atoms with Crippen LogP contribution in [-0.4, -0.2) is 19.0 Å². The van der Waals surface area contributed by atoms with Crippen LogP contribution in [0, 0.1) is 13.8 Å². The van der Waals surface area contributed by atoms with Crippen LogP contribution in [0.2, 0.25) is 0 Å². The zero-order valence-electron chi connectivity index (χ0n) is 14.4. The summed E-state index contributed by atoms with van der Waals surface area (Å²) in [6.07, 6.45) is 3.78. The number of benzene rings is 2. The molecule has 24 heavy (non-hydrogen) atoms. The predicted molar refractivity (Wildman–Crippen MR) is 94.5 cm³/mol. The lowest BCUT2D eigenvalue weighted by Gasteiger charge is -2.24. The van der Waals surface area contributed by atoms with E-state index in [4.69, 9.17) is 9.47 Å². The summed E-state index contributed by atoms with van der Waals surface area (Å²) in [6, 6.07) is 12.6. The van der Waals surface area contributed by atoms with Gasteiger partial charge in [-0.15, -0.1) is 0 Å². The normalized spacial score (nSPS) is 16.5. The SMILES string of the molecule is Cc1cccc(C)c1COc1ccc2c(c1)CCC(OCC=O)C2. The van der Waals surface area contributed by atoms with Crippen LogP contribution in [0.5, 0.6) is 5.75 Å². The van der Waals surface area contributed by atoms with E-state index in [0.717, 1.165) is 31.3 Å². The highest BCUT2D eigenvalue weighted by atomic mass is 16.5. The van der Waals surface area contributed by atoms with Gasteiger partial charge in [0.2, 0.25) is 0 Å². The third-order valence-corrected chi connectivity index (χ3v) is 4.79. The second-order valence-electron chi connectivity index (χ2n) is 6.45. The van der Waals surface area contributed by atoms with Crippen LogP contribution in [0.15, 0.2) is 36.4 Å². The van der Waals surface area contributed by atoms with Gasteiger partial charge in [-0.3, -0.25) is 0 Å². The van der Waals surface area contributed by atoms with Crippen LogP contribution in [-0.2, 0) is 29.0 Å². The van der Waals surface area contributed by atoms with Crippen LogP contribution in [0.3, 0.4) is 0 Å². The number of aldehydes is 1. The van der Waals surface area contributed by atoms with E-state index in [-0.39, 0.29) is 12.7 Å². The molecule has 3 heteroatoms. The number of hydrogen-bond acceptors (Lipinski definition) is 3. The number of rotatable bonds is 6. The van der Waals surface area contributed by atoms with E-state index < -0.39 is 0 Å². The molecule has 0 amide bonds. The molecule has 0 spiro atoms. The monoisotopic (exact) mass is 324 g/mol. The highest BCUT2D eigenvalue weighted by molar-refractivity contribution is 5.50. The van der Waals surface area contributed by atoms with Crippen LogP contribution in [0.4, 0.5) is 0 Å². The molecule has 1 atom stereocenters. The fourth-order valence-electron chi connectivity index (χ4n) is 3.34. The first kappa shape index (κ1) is 16.7. The molecule has 0 N–H and O–H groups in total. The molecule has 3 nitrogen and oxygen atoms in total. The largest absolute Gasteiger partial charge is 0.489 e. The summed E-state index contributed by atoms with van der Waals surface area (Å²) in [6.45, 7) is 5.04. The molecule has 3 rings (SSSR count). The number of hydrogen-bond donors (Lipinski definition) is 0. The third kappa shape index (κ3) is 3.85. The van der Waals surface area contributed by atoms with E-state index in [0.29, 0.717) is 6.61 Å². The van der Waals surface area contributed by atoms with E-state index in [1.165, 1.54) is 27.8 Å². The van der Waals surface area contributed by atoms with Gasteiger partial charge in [0.05, 0.1) is 6.10 Å². The van der Waals surface area contributed by atoms with Crippen molar-refractivity contribution in [1.82, 2.24) is 0 Å². The number of ether oxygens (including phenoxy) is 2. The standard InChI is InChI=1S/C21H24O3/c1-15-4-3-5-16(2)21(15)14-24-20-9-7-17-12-19(23-11-10-22)8-6-18(17)13-20/h3-5,7,9-10,13,19H,6,8,11-12,14H2,1-2H3. The summed E-state index contributed by atoms with van der Waals surface area (Å²) in [5.41, 5.74) is 6.43. The molecule has 0 radical (unpaired) electrons. The average molecular weight is 324 g/mol. The van der Waals surface area contributed by atoms with Crippen molar-refractivity contribution in [3.63, 3.8) is 0 Å². The lowest BCUT2D eigenvalue weighted by atomic mass is 9.89. The molecule has 1 aliphatic rings. The summed E-state index contributed by atoms with van der Waals surface area (Å²) in [5.74, 6) is 0.920. The molecular formula is C21H24O3. The lowest BCUT2D eigenvalue weighted by molar-refractivity contribution is -0.113. The van der Waals surface area contributed by atoms with Gasteiger partial charge in [-0.25, -0.2) is 0 Å². The Hall–Kier alpha value is -2.13. The summed E-state index contributed by atoms with van der Waals surface area (Å²) in [7, 11) is 0. The minimum atomic E-state index is 0.157. The Bertz CT molecular complexity index is 701. The van der Waals surface area contributed by atoms with Crippen LogP contribution < -0.4 is 4.74 Å². The molecule has 0 heterocycles. The molecule has 0 saturated heterocycles. The minimum absolute atomic E-state index is 0.157. The van der Waals surface area contributed by atoms with Crippen molar-refractivity contribution in [2.24, 2.45) is 0 Å². The van der Waals surface area contributed by atoms with Gasteiger partial charge in [0.15, 0.2) is 0 Å². The lowest BCUT2D eigenvalue weighted by Crippen LogP contribution is -2.23. The Morgan fingerprint density at radius 1 is 1.12 bits per heavy atom. The molecule has 0 aromatic heterocycles. The quantitative estimate of drug-likeness (QED) is 0.755. The Morgan fingerprint density at radius 2 is 1.92 bits per heavy atom. The van der Waals surface area contributed by atoms with Gasteiger partial charge in [0.25, 0.3) is 0 Å². The topological polar surface area (TPSA) is 35.5 Å². The molecule has 126 valence electrons. The third-order valence-electron chi connectivity index (χ3n) is 4.79. The van der Waals surface area contributed by atoms with Gasteiger partial charge in [-0.1, -0.05) is 24.3 Å². The van der Waals surface area contributed by atoms with Gasteiger partial charge < -0.3 is 14.3 Å². The smallest absolute Gasteiger partial charge is 0.145 e. The van der Waals surface area contributed by atoms with E-state index in [9.17, 15) is 4.79 Å². The van der Waals surface area contributed by atoms with E-state index >= 15 is 0 Å². The predicted octanol–water partition coefficient (Wildman–Crippen LogP) is 3.96. The van der Waals surface area contributed by atoms with Gasteiger partial charge >= 0.3 is 0 Å². The molecule has 0 bridgehead atoms. The van der Waals surface area contributed by atoms with E-state index in [1.807, 2.05) is 6.07 Å². The summed E-state index contributed by atoms with van der Waals surface area (Å²) >= 11 is 0. The Balaban J connectivity index is 1.66. The summed E-state index contributed by atoms with van der Waals surface area (Å²) < 4.78 is 11.6. The molecule has 1 aliphatic carbocycles. The van der Waals surface area contributed by atoms with Gasteiger partial charge in [0, 0.05) is 0 Å². The molecule has 1 unspecified atom stereocenters. The first-order chi connectivity index (χ1) is 11.7. The van der Waals surface area contributed by atoms with Crippen molar-refractivity contribution in [3.05, 3.63) is 64.2 Å². The second-order valence-corrected chi connectivity index (χ2v) is 6.45. The Kier molecular flexibility index (Phi) is 5.31. The van der Waals surface area contributed by atoms with Gasteiger partial charge in [0.1, 0.15) is 25.2 Å². The van der Waals surface area contributed by atoms with E-state index in [2.05, 4.69) is 44.2 Å². The zero-order valence-corrected chi connectivity index (χ0v) is 14.4. The van der Waals surface area contributed by atoms with Crippen molar-refractivity contribution in [2.75, 3.05) is 6.61 Å². The maximum atomic E-state index is 10.4. The van der Waals surface area contributed by atoms with Crippen LogP contribution in [0.25, 0.3) is 0 Å². The maximum absolute atomic E-state index is 10.4. The fraction of sp³-hybridized carbons (Fsp3) is 0.381. The molecule has 2 aromatic carbocycles. The average Bonchev–Trinajstić information content (AvgIpc) is 2.59. The summed E-state index contributed by atoms with van der Waals surface area (Å²) in [4.78, 5) is 10.4. The van der Waals surface area contributed by atoms with Gasteiger partial charge in [-0.05, 0) is 73.1 Å². The first-order valence-electron chi connectivity index (χ1n) is 8.52. The van der Waals surface area contributed by atoms with Crippen molar-refractivity contribution in [2.45, 2.75) is 45.8 Å². The zero-order chi connectivity index (χ0) is 16.9. The second kappa shape index (κ2) is 7.63. The molecule has 2 aromatic rings. The molecular weight excluding hydrogens is 300 g/mol. The van der Waals surface area contributed by atoms with E-state index in [1.54, 1.807) is 0 Å². The van der Waals surface area contributed by atoms with Crippen molar-refractivity contribution < 1.29 is 14.3 Å². The maximum Gasteiger partial charge on any atom is 0.145 e. The molecule has 0 saturated carbocycles. The number of carbonyl (C=O) groups excluding carboxylic acids is 1. The fourth-order valence-corrected chi connectivity index (χ4v) is 3.34. The molecule has 0 aliphatic heterocycles. The first-order valence-corrected chi connectivity index (χ1v) is 8.52. The number of carbonyl (C=O) groups is 1. The highest BCUT2D eigenvalue weighted by Gasteiger charge is 2.19. The highest BCUT2D eigenvalue weighted by Crippen LogP contribution is 2.27. The van der Waals surface area contributed by atoms with Crippen LogP contribution >= 0.6 is 0 Å².